The Hall–Kier alpha value is -1.10. The number of anilines is 1. The number of hydrogen-bond donors (Lipinski definition) is 2. The number of rotatable bonds is 2. The summed E-state index contributed by atoms with van der Waals surface area (Å²) >= 11 is 9.33. The van der Waals surface area contributed by atoms with E-state index < -0.39 is 5.60 Å². The van der Waals surface area contributed by atoms with Crippen molar-refractivity contribution in [1.29, 1.82) is 0 Å². The molecule has 5 heteroatoms. The Balaban J connectivity index is 2.61. The van der Waals surface area contributed by atoms with Crippen molar-refractivity contribution in [2.45, 2.75) is 12.5 Å². The smallest absolute Gasteiger partial charge is 0.129 e. The van der Waals surface area contributed by atoms with Crippen LogP contribution >= 0.6 is 27.5 Å². The third kappa shape index (κ3) is 2.36. The number of aromatic nitrogens is 1. The monoisotopic (exact) mass is 326 g/mol. The number of hydrogen-bond acceptors (Lipinski definition) is 3. The molecule has 0 bridgehead atoms. The number of nitrogens with zero attached hydrogens (tertiary/aromatic N) is 1. The normalized spacial score (nSPS) is 14.2. The molecule has 0 amide bonds. The van der Waals surface area contributed by atoms with Crippen LogP contribution in [0.15, 0.2) is 41.0 Å². The van der Waals surface area contributed by atoms with Gasteiger partial charge < -0.3 is 10.8 Å². The van der Waals surface area contributed by atoms with Gasteiger partial charge in [-0.15, -0.1) is 0 Å². The second-order valence-corrected chi connectivity index (χ2v) is 5.43. The molecule has 1 aromatic heterocycles. The van der Waals surface area contributed by atoms with Gasteiger partial charge in [0.1, 0.15) is 11.4 Å². The lowest BCUT2D eigenvalue weighted by Gasteiger charge is -2.26. The molecule has 0 aliphatic heterocycles. The van der Waals surface area contributed by atoms with Gasteiger partial charge in [0.15, 0.2) is 0 Å². The number of pyridine rings is 1. The second-order valence-electron chi connectivity index (χ2n) is 4.14. The van der Waals surface area contributed by atoms with E-state index in [1.165, 1.54) is 6.20 Å². The average molecular weight is 328 g/mol. The van der Waals surface area contributed by atoms with Crippen LogP contribution in [0.25, 0.3) is 0 Å². The highest BCUT2D eigenvalue weighted by Crippen LogP contribution is 2.36. The van der Waals surface area contributed by atoms with Gasteiger partial charge in [-0.2, -0.15) is 0 Å². The fourth-order valence-corrected chi connectivity index (χ4v) is 2.67. The molecule has 3 N–H and O–H groups in total. The molecule has 1 atom stereocenters. The third-order valence-corrected chi connectivity index (χ3v) is 3.71. The van der Waals surface area contributed by atoms with E-state index in [0.717, 1.165) is 4.47 Å². The Morgan fingerprint density at radius 3 is 2.67 bits per heavy atom. The largest absolute Gasteiger partial charge is 0.383 e. The van der Waals surface area contributed by atoms with E-state index in [1.807, 2.05) is 24.3 Å². The van der Waals surface area contributed by atoms with Crippen LogP contribution in [-0.4, -0.2) is 10.1 Å². The highest BCUT2D eigenvalue weighted by Gasteiger charge is 2.30. The van der Waals surface area contributed by atoms with Crippen LogP contribution in [-0.2, 0) is 5.60 Å². The van der Waals surface area contributed by atoms with Gasteiger partial charge in [-0.1, -0.05) is 45.7 Å². The van der Waals surface area contributed by atoms with Crippen LogP contribution < -0.4 is 5.73 Å². The zero-order valence-electron chi connectivity index (χ0n) is 9.69. The predicted octanol–water partition coefficient (Wildman–Crippen LogP) is 3.34. The van der Waals surface area contributed by atoms with Crippen LogP contribution in [0.2, 0.25) is 5.02 Å². The van der Waals surface area contributed by atoms with Crippen molar-refractivity contribution >= 4 is 33.3 Å². The first kappa shape index (κ1) is 13.3. The van der Waals surface area contributed by atoms with Gasteiger partial charge >= 0.3 is 0 Å². The van der Waals surface area contributed by atoms with Crippen molar-refractivity contribution in [2.75, 3.05) is 5.73 Å². The first-order valence-corrected chi connectivity index (χ1v) is 6.49. The summed E-state index contributed by atoms with van der Waals surface area (Å²) in [4.78, 5) is 3.97. The third-order valence-electron chi connectivity index (χ3n) is 2.81. The average Bonchev–Trinajstić information content (AvgIpc) is 2.32. The summed E-state index contributed by atoms with van der Waals surface area (Å²) < 4.78 is 0.800. The zero-order chi connectivity index (χ0) is 13.3. The van der Waals surface area contributed by atoms with E-state index >= 15 is 0 Å². The minimum atomic E-state index is -1.26. The molecule has 0 aliphatic rings. The lowest BCUT2D eigenvalue weighted by molar-refractivity contribution is 0.102. The number of halogens is 2. The van der Waals surface area contributed by atoms with Gasteiger partial charge in [-0.05, 0) is 19.1 Å². The summed E-state index contributed by atoms with van der Waals surface area (Å²) in [5, 5.41) is 11.2. The van der Waals surface area contributed by atoms with Gasteiger partial charge in [0.25, 0.3) is 0 Å². The van der Waals surface area contributed by atoms with E-state index in [4.69, 9.17) is 17.3 Å². The predicted molar refractivity (Wildman–Crippen MR) is 76.5 cm³/mol. The molecule has 94 valence electrons. The minimum absolute atomic E-state index is 0.264. The topological polar surface area (TPSA) is 59.1 Å². The van der Waals surface area contributed by atoms with Crippen LogP contribution in [0, 0.1) is 0 Å². The molecule has 1 aromatic carbocycles. The molecule has 1 unspecified atom stereocenters. The number of benzene rings is 1. The van der Waals surface area contributed by atoms with Crippen LogP contribution in [0.5, 0.6) is 0 Å². The lowest BCUT2D eigenvalue weighted by Crippen LogP contribution is -2.25. The van der Waals surface area contributed by atoms with Gasteiger partial charge in [-0.3, -0.25) is 0 Å². The molecule has 0 fully saturated rings. The van der Waals surface area contributed by atoms with Crippen molar-refractivity contribution in [3.05, 3.63) is 57.2 Å². The molecule has 0 radical (unpaired) electrons. The van der Waals surface area contributed by atoms with Gasteiger partial charge in [-0.25, -0.2) is 4.98 Å². The summed E-state index contributed by atoms with van der Waals surface area (Å²) in [6, 6.07) is 9.04. The molecular weight excluding hydrogens is 316 g/mol. The van der Waals surface area contributed by atoms with Crippen molar-refractivity contribution in [1.82, 2.24) is 4.98 Å². The Morgan fingerprint density at radius 1 is 1.33 bits per heavy atom. The number of nitrogen functional groups attached to an aromatic ring is 1. The SMILES string of the molecule is CC(O)(c1ccccc1Br)c1cc(Cl)cnc1N. The Bertz CT molecular complexity index is 587. The molecule has 1 heterocycles. The first-order valence-electron chi connectivity index (χ1n) is 5.32. The van der Waals surface area contributed by atoms with Crippen molar-refractivity contribution in [3.8, 4) is 0 Å². The molecule has 18 heavy (non-hydrogen) atoms. The molecule has 0 saturated heterocycles. The van der Waals surface area contributed by atoms with E-state index in [-0.39, 0.29) is 5.82 Å². The van der Waals surface area contributed by atoms with Crippen LogP contribution in [0.1, 0.15) is 18.1 Å². The fourth-order valence-electron chi connectivity index (χ4n) is 1.84. The number of nitrogens with two attached hydrogens (primary N) is 1. The summed E-state index contributed by atoms with van der Waals surface area (Å²) in [5.41, 5.74) is 5.75. The van der Waals surface area contributed by atoms with E-state index in [9.17, 15) is 5.11 Å². The second kappa shape index (κ2) is 4.88. The lowest BCUT2D eigenvalue weighted by atomic mass is 9.88. The molecule has 0 aliphatic carbocycles. The maximum absolute atomic E-state index is 10.7. The van der Waals surface area contributed by atoms with E-state index in [2.05, 4.69) is 20.9 Å². The first-order chi connectivity index (χ1) is 8.43. The molecule has 2 rings (SSSR count). The quantitative estimate of drug-likeness (QED) is 0.889. The zero-order valence-corrected chi connectivity index (χ0v) is 12.0. The Morgan fingerprint density at radius 2 is 2.00 bits per heavy atom. The molecule has 2 aromatic rings. The van der Waals surface area contributed by atoms with Gasteiger partial charge in [0, 0.05) is 21.8 Å². The Labute approximate surface area is 119 Å². The van der Waals surface area contributed by atoms with Crippen LogP contribution in [0.3, 0.4) is 0 Å². The van der Waals surface area contributed by atoms with Crippen molar-refractivity contribution in [2.24, 2.45) is 0 Å². The van der Waals surface area contributed by atoms with Gasteiger partial charge in [0.2, 0.25) is 0 Å². The maximum Gasteiger partial charge on any atom is 0.129 e. The molecule has 0 spiro atoms. The van der Waals surface area contributed by atoms with E-state index in [1.54, 1.807) is 13.0 Å². The Kier molecular flexibility index (Phi) is 3.61. The standard InChI is InChI=1S/C13H12BrClN2O/c1-13(18,9-4-2-3-5-11(9)14)10-6-8(15)7-17-12(10)16/h2-7,18H,1H3,(H2,16,17). The maximum atomic E-state index is 10.7. The summed E-state index contributed by atoms with van der Waals surface area (Å²) in [6.07, 6.45) is 1.45. The summed E-state index contributed by atoms with van der Waals surface area (Å²) in [5.74, 6) is 0.264. The van der Waals surface area contributed by atoms with Crippen molar-refractivity contribution in [3.63, 3.8) is 0 Å². The molecular formula is C13H12BrClN2O. The summed E-state index contributed by atoms with van der Waals surface area (Å²) in [7, 11) is 0. The van der Waals surface area contributed by atoms with Gasteiger partial charge in [0.05, 0.1) is 5.02 Å². The van der Waals surface area contributed by atoms with E-state index in [0.29, 0.717) is 16.1 Å². The minimum Gasteiger partial charge on any atom is -0.383 e. The van der Waals surface area contributed by atoms with Crippen molar-refractivity contribution < 1.29 is 5.11 Å². The molecule has 3 nitrogen and oxygen atoms in total. The molecule has 0 saturated carbocycles. The highest BCUT2D eigenvalue weighted by atomic mass is 79.9. The summed E-state index contributed by atoms with van der Waals surface area (Å²) in [6.45, 7) is 1.66. The van der Waals surface area contributed by atoms with Crippen LogP contribution in [0.4, 0.5) is 5.82 Å². The number of aliphatic hydroxyl groups is 1. The highest BCUT2D eigenvalue weighted by molar-refractivity contribution is 9.10. The fraction of sp³-hybridized carbons (Fsp3) is 0.154.